The Kier molecular flexibility index (Phi) is 3.64. The van der Waals surface area contributed by atoms with Crippen LogP contribution in [-0.4, -0.2) is 5.91 Å². The molecule has 0 atom stereocenters. The van der Waals surface area contributed by atoms with Crippen LogP contribution < -0.4 is 5.32 Å². The van der Waals surface area contributed by atoms with Gasteiger partial charge in [-0.05, 0) is 43.5 Å². The Balaban J connectivity index is 2.02. The lowest BCUT2D eigenvalue weighted by atomic mass is 10.1. The summed E-state index contributed by atoms with van der Waals surface area (Å²) in [5.74, 6) is 0.406. The predicted octanol–water partition coefficient (Wildman–Crippen LogP) is 3.89. The minimum absolute atomic E-state index is 0.180. The van der Waals surface area contributed by atoms with E-state index in [1.54, 1.807) is 0 Å². The van der Waals surface area contributed by atoms with Crippen molar-refractivity contribution in [3.8, 4) is 0 Å². The fourth-order valence-electron chi connectivity index (χ4n) is 2.15. The molecule has 0 bridgehead atoms. The number of anilines is 1. The Morgan fingerprint density at radius 3 is 2.69 bits per heavy atom. The summed E-state index contributed by atoms with van der Waals surface area (Å²) in [6.45, 7) is 2.02. The highest BCUT2D eigenvalue weighted by molar-refractivity contribution is 9.10. The van der Waals surface area contributed by atoms with Crippen LogP contribution in [0.1, 0.15) is 31.2 Å². The van der Waals surface area contributed by atoms with E-state index in [9.17, 15) is 4.79 Å². The highest BCUT2D eigenvalue weighted by Crippen LogP contribution is 2.26. The zero-order chi connectivity index (χ0) is 11.5. The van der Waals surface area contributed by atoms with Crippen molar-refractivity contribution in [2.75, 3.05) is 5.32 Å². The zero-order valence-corrected chi connectivity index (χ0v) is 11.0. The van der Waals surface area contributed by atoms with E-state index in [0.717, 1.165) is 28.6 Å². The molecular weight excluding hydrogens is 266 g/mol. The molecule has 3 heteroatoms. The van der Waals surface area contributed by atoms with Crippen LogP contribution in [0.3, 0.4) is 0 Å². The smallest absolute Gasteiger partial charge is 0.227 e. The van der Waals surface area contributed by atoms with E-state index in [1.165, 1.54) is 12.8 Å². The standard InChI is InChI=1S/C13H16BrNO/c1-9-8-11(6-7-12(9)14)15-13(16)10-4-2-3-5-10/h6-8,10H,2-5H2,1H3,(H,15,16). The van der Waals surface area contributed by atoms with E-state index in [1.807, 2.05) is 25.1 Å². The average Bonchev–Trinajstić information content (AvgIpc) is 2.77. The van der Waals surface area contributed by atoms with Gasteiger partial charge < -0.3 is 5.32 Å². The topological polar surface area (TPSA) is 29.1 Å². The number of nitrogens with one attached hydrogen (secondary N) is 1. The van der Waals surface area contributed by atoms with Crippen LogP contribution in [0.5, 0.6) is 0 Å². The number of carbonyl (C=O) groups excluding carboxylic acids is 1. The van der Waals surface area contributed by atoms with Gasteiger partial charge in [0.25, 0.3) is 0 Å². The monoisotopic (exact) mass is 281 g/mol. The van der Waals surface area contributed by atoms with Gasteiger partial charge in [-0.1, -0.05) is 28.8 Å². The summed E-state index contributed by atoms with van der Waals surface area (Å²) in [5, 5.41) is 2.99. The lowest BCUT2D eigenvalue weighted by Crippen LogP contribution is -2.20. The zero-order valence-electron chi connectivity index (χ0n) is 9.42. The Labute approximate surface area is 105 Å². The van der Waals surface area contributed by atoms with Gasteiger partial charge in [0.2, 0.25) is 5.91 Å². The van der Waals surface area contributed by atoms with Crippen molar-refractivity contribution in [2.24, 2.45) is 5.92 Å². The molecule has 1 fully saturated rings. The second-order valence-electron chi connectivity index (χ2n) is 4.43. The van der Waals surface area contributed by atoms with Crippen LogP contribution in [0.2, 0.25) is 0 Å². The molecule has 0 unspecified atom stereocenters. The van der Waals surface area contributed by atoms with Crippen LogP contribution in [0.4, 0.5) is 5.69 Å². The number of halogens is 1. The molecule has 1 aromatic carbocycles. The Bertz CT molecular complexity index is 397. The van der Waals surface area contributed by atoms with E-state index < -0.39 is 0 Å². The molecule has 1 N–H and O–H groups in total. The first-order valence-corrected chi connectivity index (χ1v) is 6.53. The van der Waals surface area contributed by atoms with Crippen molar-refractivity contribution in [1.82, 2.24) is 0 Å². The minimum atomic E-state index is 0.180. The molecular formula is C13H16BrNO. The molecule has 1 aliphatic carbocycles. The first-order chi connectivity index (χ1) is 7.66. The van der Waals surface area contributed by atoms with Crippen molar-refractivity contribution in [3.05, 3.63) is 28.2 Å². The molecule has 1 aromatic rings. The summed E-state index contributed by atoms with van der Waals surface area (Å²) in [6.07, 6.45) is 4.47. The maximum atomic E-state index is 11.9. The number of hydrogen-bond donors (Lipinski definition) is 1. The van der Waals surface area contributed by atoms with Gasteiger partial charge in [-0.3, -0.25) is 4.79 Å². The molecule has 2 rings (SSSR count). The van der Waals surface area contributed by atoms with E-state index >= 15 is 0 Å². The van der Waals surface area contributed by atoms with E-state index in [2.05, 4.69) is 21.2 Å². The van der Waals surface area contributed by atoms with Gasteiger partial charge in [0, 0.05) is 16.1 Å². The summed E-state index contributed by atoms with van der Waals surface area (Å²) >= 11 is 3.45. The van der Waals surface area contributed by atoms with Gasteiger partial charge in [-0.15, -0.1) is 0 Å². The van der Waals surface area contributed by atoms with Gasteiger partial charge in [0.15, 0.2) is 0 Å². The first kappa shape index (κ1) is 11.6. The molecule has 0 radical (unpaired) electrons. The predicted molar refractivity (Wildman–Crippen MR) is 69.5 cm³/mol. The Morgan fingerprint density at radius 1 is 1.38 bits per heavy atom. The van der Waals surface area contributed by atoms with E-state index in [4.69, 9.17) is 0 Å². The number of amides is 1. The van der Waals surface area contributed by atoms with Crippen molar-refractivity contribution in [3.63, 3.8) is 0 Å². The first-order valence-electron chi connectivity index (χ1n) is 5.74. The van der Waals surface area contributed by atoms with Gasteiger partial charge in [-0.2, -0.15) is 0 Å². The van der Waals surface area contributed by atoms with Crippen LogP contribution in [-0.2, 0) is 4.79 Å². The lowest BCUT2D eigenvalue weighted by molar-refractivity contribution is -0.119. The van der Waals surface area contributed by atoms with Gasteiger partial charge >= 0.3 is 0 Å². The van der Waals surface area contributed by atoms with Crippen LogP contribution in [0, 0.1) is 12.8 Å². The molecule has 86 valence electrons. The molecule has 0 spiro atoms. The molecule has 0 aromatic heterocycles. The average molecular weight is 282 g/mol. The van der Waals surface area contributed by atoms with Gasteiger partial charge in [0.1, 0.15) is 0 Å². The highest BCUT2D eigenvalue weighted by atomic mass is 79.9. The summed E-state index contributed by atoms with van der Waals surface area (Å²) in [5.41, 5.74) is 2.04. The molecule has 1 amide bonds. The third-order valence-corrected chi connectivity index (χ3v) is 4.04. The second-order valence-corrected chi connectivity index (χ2v) is 5.29. The second kappa shape index (κ2) is 5.00. The number of carbonyl (C=O) groups is 1. The number of benzene rings is 1. The normalized spacial score (nSPS) is 16.4. The Hall–Kier alpha value is -0.830. The quantitative estimate of drug-likeness (QED) is 0.876. The van der Waals surface area contributed by atoms with Crippen molar-refractivity contribution in [1.29, 1.82) is 0 Å². The van der Waals surface area contributed by atoms with Crippen molar-refractivity contribution < 1.29 is 4.79 Å². The summed E-state index contributed by atoms with van der Waals surface area (Å²) in [6, 6.07) is 5.90. The fourth-order valence-corrected chi connectivity index (χ4v) is 2.40. The third kappa shape index (κ3) is 2.64. The minimum Gasteiger partial charge on any atom is -0.326 e. The fraction of sp³-hybridized carbons (Fsp3) is 0.462. The number of aryl methyl sites for hydroxylation is 1. The maximum Gasteiger partial charge on any atom is 0.227 e. The molecule has 0 aliphatic heterocycles. The number of rotatable bonds is 2. The molecule has 0 saturated heterocycles. The summed E-state index contributed by atoms with van der Waals surface area (Å²) < 4.78 is 1.08. The molecule has 0 heterocycles. The summed E-state index contributed by atoms with van der Waals surface area (Å²) in [4.78, 5) is 11.9. The third-order valence-electron chi connectivity index (χ3n) is 3.15. The largest absolute Gasteiger partial charge is 0.326 e. The van der Waals surface area contributed by atoms with Crippen molar-refractivity contribution in [2.45, 2.75) is 32.6 Å². The SMILES string of the molecule is Cc1cc(NC(=O)C2CCCC2)ccc1Br. The highest BCUT2D eigenvalue weighted by Gasteiger charge is 2.22. The van der Waals surface area contributed by atoms with Crippen LogP contribution in [0.15, 0.2) is 22.7 Å². The molecule has 1 aliphatic rings. The molecule has 16 heavy (non-hydrogen) atoms. The van der Waals surface area contributed by atoms with Gasteiger partial charge in [-0.25, -0.2) is 0 Å². The Morgan fingerprint density at radius 2 is 2.06 bits per heavy atom. The van der Waals surface area contributed by atoms with E-state index in [-0.39, 0.29) is 11.8 Å². The summed E-state index contributed by atoms with van der Waals surface area (Å²) in [7, 11) is 0. The lowest BCUT2D eigenvalue weighted by Gasteiger charge is -2.11. The number of hydrogen-bond acceptors (Lipinski definition) is 1. The van der Waals surface area contributed by atoms with E-state index in [0.29, 0.717) is 0 Å². The van der Waals surface area contributed by atoms with Crippen molar-refractivity contribution >= 4 is 27.5 Å². The molecule has 2 nitrogen and oxygen atoms in total. The van der Waals surface area contributed by atoms with Crippen LogP contribution >= 0.6 is 15.9 Å². The molecule has 1 saturated carbocycles. The van der Waals surface area contributed by atoms with Gasteiger partial charge in [0.05, 0.1) is 0 Å². The van der Waals surface area contributed by atoms with Crippen LogP contribution in [0.25, 0.3) is 0 Å². The maximum absolute atomic E-state index is 11.9.